The summed E-state index contributed by atoms with van der Waals surface area (Å²) in [5.41, 5.74) is 7.34. The SMILES string of the molecule is CNS(=O)(=O)NCc1cccc(CN)c1. The predicted octanol–water partition coefficient (Wildman–Crippen LogP) is -0.301. The van der Waals surface area contributed by atoms with Gasteiger partial charge in [0.15, 0.2) is 0 Å². The van der Waals surface area contributed by atoms with Crippen LogP contribution in [0.25, 0.3) is 0 Å². The highest BCUT2D eigenvalue weighted by atomic mass is 32.2. The lowest BCUT2D eigenvalue weighted by molar-refractivity contribution is 0.573. The third-order valence-corrected chi connectivity index (χ3v) is 3.02. The molecule has 0 aliphatic carbocycles. The molecule has 15 heavy (non-hydrogen) atoms. The zero-order valence-electron chi connectivity index (χ0n) is 8.53. The highest BCUT2D eigenvalue weighted by molar-refractivity contribution is 7.87. The maximum absolute atomic E-state index is 11.1. The summed E-state index contributed by atoms with van der Waals surface area (Å²) in [5.74, 6) is 0. The van der Waals surface area contributed by atoms with E-state index in [1.165, 1.54) is 7.05 Å². The van der Waals surface area contributed by atoms with Gasteiger partial charge in [-0.25, -0.2) is 4.72 Å². The lowest BCUT2D eigenvalue weighted by Gasteiger charge is -2.06. The van der Waals surface area contributed by atoms with Crippen molar-refractivity contribution in [1.82, 2.24) is 9.44 Å². The lowest BCUT2D eigenvalue weighted by Crippen LogP contribution is -2.33. The van der Waals surface area contributed by atoms with Crippen LogP contribution in [0.3, 0.4) is 0 Å². The molecule has 0 heterocycles. The molecule has 0 saturated heterocycles. The van der Waals surface area contributed by atoms with Gasteiger partial charge in [0, 0.05) is 20.1 Å². The molecule has 0 unspecified atom stereocenters. The highest BCUT2D eigenvalue weighted by Gasteiger charge is 2.04. The second-order valence-electron chi connectivity index (χ2n) is 3.05. The molecule has 1 aromatic rings. The Morgan fingerprint density at radius 1 is 1.33 bits per heavy atom. The number of nitrogens with one attached hydrogen (secondary N) is 2. The molecule has 0 bridgehead atoms. The summed E-state index contributed by atoms with van der Waals surface area (Å²) < 4.78 is 26.7. The summed E-state index contributed by atoms with van der Waals surface area (Å²) in [6.45, 7) is 0.712. The molecule has 0 fully saturated rings. The van der Waals surface area contributed by atoms with E-state index < -0.39 is 10.2 Å². The van der Waals surface area contributed by atoms with Crippen molar-refractivity contribution in [2.24, 2.45) is 5.73 Å². The molecule has 5 nitrogen and oxygen atoms in total. The molecule has 0 aromatic heterocycles. The number of benzene rings is 1. The Labute approximate surface area is 89.9 Å². The molecule has 6 heteroatoms. The fraction of sp³-hybridized carbons (Fsp3) is 0.333. The molecule has 0 aliphatic rings. The molecule has 84 valence electrons. The summed E-state index contributed by atoms with van der Waals surface area (Å²) >= 11 is 0. The molecule has 1 rings (SSSR count). The van der Waals surface area contributed by atoms with Crippen molar-refractivity contribution in [3.8, 4) is 0 Å². The minimum Gasteiger partial charge on any atom is -0.326 e. The van der Waals surface area contributed by atoms with E-state index in [1.807, 2.05) is 24.3 Å². The molecule has 0 spiro atoms. The van der Waals surface area contributed by atoms with Crippen molar-refractivity contribution in [1.29, 1.82) is 0 Å². The molecule has 1 aromatic carbocycles. The normalized spacial score (nSPS) is 11.6. The Morgan fingerprint density at radius 2 is 2.00 bits per heavy atom. The average Bonchev–Trinajstić information content (AvgIpc) is 2.27. The van der Waals surface area contributed by atoms with E-state index in [4.69, 9.17) is 5.73 Å². The van der Waals surface area contributed by atoms with Crippen molar-refractivity contribution >= 4 is 10.2 Å². The van der Waals surface area contributed by atoms with Crippen LogP contribution < -0.4 is 15.2 Å². The van der Waals surface area contributed by atoms with Crippen LogP contribution in [0.2, 0.25) is 0 Å². The van der Waals surface area contributed by atoms with Crippen LogP contribution in [0.15, 0.2) is 24.3 Å². The lowest BCUT2D eigenvalue weighted by atomic mass is 10.1. The minimum atomic E-state index is -3.37. The van der Waals surface area contributed by atoms with Gasteiger partial charge in [-0.1, -0.05) is 24.3 Å². The largest absolute Gasteiger partial charge is 0.326 e. The first-order valence-corrected chi connectivity index (χ1v) is 6.02. The van der Waals surface area contributed by atoms with Gasteiger partial charge in [-0.3, -0.25) is 0 Å². The van der Waals surface area contributed by atoms with Crippen LogP contribution >= 0.6 is 0 Å². The first-order chi connectivity index (χ1) is 7.07. The van der Waals surface area contributed by atoms with Gasteiger partial charge >= 0.3 is 0 Å². The van der Waals surface area contributed by atoms with Crippen molar-refractivity contribution in [2.75, 3.05) is 7.05 Å². The van der Waals surface area contributed by atoms with Crippen LogP contribution in [0.5, 0.6) is 0 Å². The fourth-order valence-electron chi connectivity index (χ4n) is 1.12. The first kappa shape index (κ1) is 12.1. The van der Waals surface area contributed by atoms with Crippen LogP contribution in [0, 0.1) is 0 Å². The molecule has 0 radical (unpaired) electrons. The van der Waals surface area contributed by atoms with E-state index in [0.29, 0.717) is 6.54 Å². The van der Waals surface area contributed by atoms with Gasteiger partial charge in [0.05, 0.1) is 0 Å². The third kappa shape index (κ3) is 3.96. The first-order valence-electron chi connectivity index (χ1n) is 4.53. The minimum absolute atomic E-state index is 0.261. The molecule has 4 N–H and O–H groups in total. The Kier molecular flexibility index (Phi) is 4.22. The molecule has 0 amide bonds. The summed E-state index contributed by atoms with van der Waals surface area (Å²) in [6.07, 6.45) is 0. The van der Waals surface area contributed by atoms with Gasteiger partial charge < -0.3 is 5.73 Å². The van der Waals surface area contributed by atoms with Gasteiger partial charge in [0.2, 0.25) is 0 Å². The van der Waals surface area contributed by atoms with Gasteiger partial charge in [-0.2, -0.15) is 13.1 Å². The molecule has 0 aliphatic heterocycles. The number of hydrogen-bond donors (Lipinski definition) is 3. The van der Waals surface area contributed by atoms with E-state index in [9.17, 15) is 8.42 Å². The highest BCUT2D eigenvalue weighted by Crippen LogP contribution is 2.04. The van der Waals surface area contributed by atoms with E-state index in [-0.39, 0.29) is 6.54 Å². The van der Waals surface area contributed by atoms with Crippen LogP contribution in [-0.2, 0) is 23.3 Å². The summed E-state index contributed by atoms with van der Waals surface area (Å²) in [4.78, 5) is 0. The quantitative estimate of drug-likeness (QED) is 0.648. The van der Waals surface area contributed by atoms with Crippen molar-refractivity contribution in [2.45, 2.75) is 13.1 Å². The smallest absolute Gasteiger partial charge is 0.276 e. The second kappa shape index (κ2) is 5.22. The Balaban J connectivity index is 2.65. The zero-order valence-corrected chi connectivity index (χ0v) is 9.34. The van der Waals surface area contributed by atoms with Crippen molar-refractivity contribution < 1.29 is 8.42 Å². The Bertz CT molecular complexity index is 417. The third-order valence-electron chi connectivity index (χ3n) is 1.96. The Morgan fingerprint density at radius 3 is 2.60 bits per heavy atom. The van der Waals surface area contributed by atoms with E-state index in [1.54, 1.807) is 0 Å². The molecular formula is C9H15N3O2S. The zero-order chi connectivity index (χ0) is 11.3. The van der Waals surface area contributed by atoms with Crippen LogP contribution in [-0.4, -0.2) is 15.5 Å². The van der Waals surface area contributed by atoms with E-state index in [2.05, 4.69) is 9.44 Å². The topological polar surface area (TPSA) is 84.2 Å². The standard InChI is InChI=1S/C9H15N3O2S/c1-11-15(13,14)12-7-9-4-2-3-8(5-9)6-10/h2-5,11-12H,6-7,10H2,1H3. The van der Waals surface area contributed by atoms with Crippen LogP contribution in [0.1, 0.15) is 11.1 Å². The molecule has 0 saturated carbocycles. The van der Waals surface area contributed by atoms with Gasteiger partial charge in [0.25, 0.3) is 10.2 Å². The maximum atomic E-state index is 11.1. The molecular weight excluding hydrogens is 214 g/mol. The number of nitrogens with two attached hydrogens (primary N) is 1. The van der Waals surface area contributed by atoms with Crippen molar-refractivity contribution in [3.05, 3.63) is 35.4 Å². The van der Waals surface area contributed by atoms with Crippen LogP contribution in [0.4, 0.5) is 0 Å². The predicted molar refractivity (Wildman–Crippen MR) is 59.2 cm³/mol. The van der Waals surface area contributed by atoms with E-state index >= 15 is 0 Å². The second-order valence-corrected chi connectivity index (χ2v) is 4.76. The van der Waals surface area contributed by atoms with Crippen molar-refractivity contribution in [3.63, 3.8) is 0 Å². The Hall–Kier alpha value is -0.950. The van der Waals surface area contributed by atoms with Gasteiger partial charge in [-0.05, 0) is 11.1 Å². The molecule has 0 atom stereocenters. The summed E-state index contributed by atoms with van der Waals surface area (Å²) in [5, 5.41) is 0. The van der Waals surface area contributed by atoms with Gasteiger partial charge in [-0.15, -0.1) is 0 Å². The fourth-order valence-corrected chi connectivity index (χ4v) is 1.62. The number of rotatable bonds is 5. The van der Waals surface area contributed by atoms with E-state index in [0.717, 1.165) is 11.1 Å². The summed E-state index contributed by atoms with van der Waals surface area (Å²) in [7, 11) is -2.01. The number of hydrogen-bond acceptors (Lipinski definition) is 3. The average molecular weight is 229 g/mol. The monoisotopic (exact) mass is 229 g/mol. The maximum Gasteiger partial charge on any atom is 0.276 e. The summed E-state index contributed by atoms with van der Waals surface area (Å²) in [6, 6.07) is 7.47. The van der Waals surface area contributed by atoms with Gasteiger partial charge in [0.1, 0.15) is 0 Å².